The van der Waals surface area contributed by atoms with Crippen LogP contribution in [0.5, 0.6) is 0 Å². The number of likely N-dealkylation sites (tertiary alicyclic amines) is 1. The van der Waals surface area contributed by atoms with Crippen molar-refractivity contribution in [2.45, 2.75) is 51.8 Å². The maximum atomic E-state index is 12.1. The summed E-state index contributed by atoms with van der Waals surface area (Å²) >= 11 is 0. The summed E-state index contributed by atoms with van der Waals surface area (Å²) in [5, 5.41) is -0.323. The third-order valence-electron chi connectivity index (χ3n) is 3.69. The fourth-order valence-electron chi connectivity index (χ4n) is 2.52. The SMILES string of the molecule is CC(C)CN1CCC(N(C)S(=O)(=O)C(C)C)CC1. The van der Waals surface area contributed by atoms with E-state index in [1.54, 1.807) is 25.2 Å². The number of hydrogen-bond acceptors (Lipinski definition) is 3. The summed E-state index contributed by atoms with van der Waals surface area (Å²) in [6, 6.07) is 0.181. The fraction of sp³-hybridized carbons (Fsp3) is 1.00. The minimum Gasteiger partial charge on any atom is -0.303 e. The quantitative estimate of drug-likeness (QED) is 0.768. The molecule has 1 rings (SSSR count). The summed E-state index contributed by atoms with van der Waals surface area (Å²) in [5.74, 6) is 0.679. The van der Waals surface area contributed by atoms with Crippen LogP contribution in [0, 0.1) is 5.92 Å². The Kier molecular flexibility index (Phi) is 5.62. The smallest absolute Gasteiger partial charge is 0.216 e. The minimum atomic E-state index is -3.10. The standard InChI is InChI=1S/C13H28N2O2S/c1-11(2)10-15-8-6-13(7-9-15)14(5)18(16,17)12(3)4/h11-13H,6-10H2,1-5H3. The van der Waals surface area contributed by atoms with E-state index in [9.17, 15) is 8.42 Å². The molecule has 108 valence electrons. The molecule has 0 unspecified atom stereocenters. The number of hydrogen-bond donors (Lipinski definition) is 0. The molecule has 1 heterocycles. The van der Waals surface area contributed by atoms with E-state index in [2.05, 4.69) is 18.7 Å². The van der Waals surface area contributed by atoms with Gasteiger partial charge in [-0.2, -0.15) is 0 Å². The minimum absolute atomic E-state index is 0.181. The predicted octanol–water partition coefficient (Wildman–Crippen LogP) is 1.78. The first-order chi connectivity index (χ1) is 8.25. The van der Waals surface area contributed by atoms with Crippen LogP contribution in [0.1, 0.15) is 40.5 Å². The monoisotopic (exact) mass is 276 g/mol. The second-order valence-electron chi connectivity index (χ2n) is 6.04. The van der Waals surface area contributed by atoms with Crippen LogP contribution in [-0.4, -0.2) is 55.6 Å². The van der Waals surface area contributed by atoms with E-state index >= 15 is 0 Å². The van der Waals surface area contributed by atoms with Crippen molar-refractivity contribution in [3.8, 4) is 0 Å². The van der Waals surface area contributed by atoms with E-state index in [0.29, 0.717) is 5.92 Å². The van der Waals surface area contributed by atoms with Gasteiger partial charge >= 0.3 is 0 Å². The molecule has 5 heteroatoms. The van der Waals surface area contributed by atoms with E-state index in [1.165, 1.54) is 0 Å². The highest BCUT2D eigenvalue weighted by Crippen LogP contribution is 2.20. The van der Waals surface area contributed by atoms with Crippen molar-refractivity contribution < 1.29 is 8.42 Å². The lowest BCUT2D eigenvalue weighted by atomic mass is 10.0. The van der Waals surface area contributed by atoms with Gasteiger partial charge < -0.3 is 4.90 Å². The first-order valence-electron chi connectivity index (χ1n) is 6.94. The van der Waals surface area contributed by atoms with Crippen molar-refractivity contribution in [3.05, 3.63) is 0 Å². The predicted molar refractivity (Wildman–Crippen MR) is 76.1 cm³/mol. The largest absolute Gasteiger partial charge is 0.303 e. The number of nitrogens with zero attached hydrogens (tertiary/aromatic N) is 2. The van der Waals surface area contributed by atoms with Gasteiger partial charge in [0.05, 0.1) is 5.25 Å². The summed E-state index contributed by atoms with van der Waals surface area (Å²) in [5.41, 5.74) is 0. The van der Waals surface area contributed by atoms with Gasteiger partial charge in [-0.25, -0.2) is 12.7 Å². The van der Waals surface area contributed by atoms with Crippen LogP contribution in [0.2, 0.25) is 0 Å². The van der Waals surface area contributed by atoms with Crippen LogP contribution in [0.25, 0.3) is 0 Å². The molecule has 18 heavy (non-hydrogen) atoms. The molecule has 0 N–H and O–H groups in total. The summed E-state index contributed by atoms with van der Waals surface area (Å²) in [6.45, 7) is 11.1. The Bertz CT molecular complexity index is 344. The van der Waals surface area contributed by atoms with Crippen LogP contribution in [-0.2, 0) is 10.0 Å². The lowest BCUT2D eigenvalue weighted by molar-refractivity contribution is 0.156. The fourth-order valence-corrected chi connectivity index (χ4v) is 3.81. The van der Waals surface area contributed by atoms with Gasteiger partial charge in [0.2, 0.25) is 10.0 Å². The van der Waals surface area contributed by atoms with E-state index < -0.39 is 10.0 Å². The van der Waals surface area contributed by atoms with Crippen molar-refractivity contribution in [1.82, 2.24) is 9.21 Å². The third kappa shape index (κ3) is 3.93. The molecule has 0 amide bonds. The van der Waals surface area contributed by atoms with Gasteiger partial charge in [0.1, 0.15) is 0 Å². The molecule has 1 aliphatic rings. The molecule has 0 aromatic rings. The van der Waals surface area contributed by atoms with Gasteiger partial charge in [-0.1, -0.05) is 13.8 Å². The molecule has 0 bridgehead atoms. The zero-order chi connectivity index (χ0) is 13.9. The van der Waals surface area contributed by atoms with E-state index in [4.69, 9.17) is 0 Å². The maximum Gasteiger partial charge on any atom is 0.216 e. The number of rotatable bonds is 5. The Labute approximate surface area is 112 Å². The first kappa shape index (κ1) is 15.9. The zero-order valence-electron chi connectivity index (χ0n) is 12.4. The van der Waals surface area contributed by atoms with Crippen molar-refractivity contribution in [1.29, 1.82) is 0 Å². The highest BCUT2D eigenvalue weighted by molar-refractivity contribution is 7.89. The molecule has 0 aromatic carbocycles. The van der Waals surface area contributed by atoms with Gasteiger partial charge in [-0.05, 0) is 45.7 Å². The Morgan fingerprint density at radius 2 is 1.67 bits per heavy atom. The molecule has 0 saturated carbocycles. The molecule has 1 saturated heterocycles. The van der Waals surface area contributed by atoms with E-state index in [-0.39, 0.29) is 11.3 Å². The molecule has 0 atom stereocenters. The maximum absolute atomic E-state index is 12.1. The number of sulfonamides is 1. The Morgan fingerprint density at radius 1 is 1.17 bits per heavy atom. The van der Waals surface area contributed by atoms with E-state index in [0.717, 1.165) is 32.5 Å². The van der Waals surface area contributed by atoms with Crippen molar-refractivity contribution in [2.24, 2.45) is 5.92 Å². The van der Waals surface area contributed by atoms with Gasteiger partial charge in [-0.3, -0.25) is 0 Å². The van der Waals surface area contributed by atoms with E-state index in [1.807, 2.05) is 0 Å². The van der Waals surface area contributed by atoms with Crippen LogP contribution < -0.4 is 0 Å². The van der Waals surface area contributed by atoms with Crippen LogP contribution in [0.3, 0.4) is 0 Å². The topological polar surface area (TPSA) is 40.6 Å². The molecular formula is C13H28N2O2S. The second-order valence-corrected chi connectivity index (χ2v) is 8.58. The molecule has 4 nitrogen and oxygen atoms in total. The van der Waals surface area contributed by atoms with Crippen LogP contribution >= 0.6 is 0 Å². The molecular weight excluding hydrogens is 248 g/mol. The molecule has 0 aliphatic carbocycles. The van der Waals surface area contributed by atoms with Crippen LogP contribution in [0.4, 0.5) is 0 Å². The summed E-state index contributed by atoms with van der Waals surface area (Å²) < 4.78 is 25.8. The Morgan fingerprint density at radius 3 is 2.06 bits per heavy atom. The summed E-state index contributed by atoms with van der Waals surface area (Å²) in [7, 11) is -1.37. The zero-order valence-corrected chi connectivity index (χ0v) is 13.2. The average Bonchev–Trinajstić information content (AvgIpc) is 2.28. The lowest BCUT2D eigenvalue weighted by Gasteiger charge is -2.37. The highest BCUT2D eigenvalue weighted by atomic mass is 32.2. The molecule has 0 radical (unpaired) electrons. The average molecular weight is 276 g/mol. The third-order valence-corrected chi connectivity index (χ3v) is 5.98. The highest BCUT2D eigenvalue weighted by Gasteiger charge is 2.31. The lowest BCUT2D eigenvalue weighted by Crippen LogP contribution is -2.47. The van der Waals surface area contributed by atoms with Gasteiger partial charge in [0, 0.05) is 19.6 Å². The Hall–Kier alpha value is -0.130. The molecule has 0 spiro atoms. The second kappa shape index (κ2) is 6.35. The summed E-state index contributed by atoms with van der Waals surface area (Å²) in [6.07, 6.45) is 1.91. The van der Waals surface area contributed by atoms with Gasteiger partial charge in [0.25, 0.3) is 0 Å². The van der Waals surface area contributed by atoms with Crippen molar-refractivity contribution in [3.63, 3.8) is 0 Å². The summed E-state index contributed by atoms with van der Waals surface area (Å²) in [4.78, 5) is 2.44. The van der Waals surface area contributed by atoms with Crippen molar-refractivity contribution >= 4 is 10.0 Å². The van der Waals surface area contributed by atoms with Crippen LogP contribution in [0.15, 0.2) is 0 Å². The first-order valence-corrected chi connectivity index (χ1v) is 8.44. The molecule has 1 fully saturated rings. The normalized spacial score (nSPS) is 20.2. The number of piperidine rings is 1. The Balaban J connectivity index is 2.53. The van der Waals surface area contributed by atoms with Gasteiger partial charge in [-0.15, -0.1) is 0 Å². The van der Waals surface area contributed by atoms with Gasteiger partial charge in [0.15, 0.2) is 0 Å². The molecule has 1 aliphatic heterocycles. The molecule has 0 aromatic heterocycles. The van der Waals surface area contributed by atoms with Crippen molar-refractivity contribution in [2.75, 3.05) is 26.7 Å².